The van der Waals surface area contributed by atoms with Gasteiger partial charge in [0.25, 0.3) is 0 Å². The number of hydrogen-bond acceptors (Lipinski definition) is 11. The van der Waals surface area contributed by atoms with E-state index in [0.717, 1.165) is 23.9 Å². The van der Waals surface area contributed by atoms with Gasteiger partial charge in [-0.25, -0.2) is 17.9 Å². The highest BCUT2D eigenvalue weighted by Crippen LogP contribution is 2.40. The molecule has 39 heavy (non-hydrogen) atoms. The second kappa shape index (κ2) is 11.8. The smallest absolute Gasteiger partial charge is 0.364 e. The third kappa shape index (κ3) is 6.69. The van der Waals surface area contributed by atoms with Gasteiger partial charge < -0.3 is 24.3 Å². The third-order valence-electron chi connectivity index (χ3n) is 5.56. The first-order chi connectivity index (χ1) is 18.5. The van der Waals surface area contributed by atoms with E-state index in [-0.39, 0.29) is 30.1 Å². The Balaban J connectivity index is 1.68. The van der Waals surface area contributed by atoms with Crippen LogP contribution in [0.1, 0.15) is 26.3 Å². The van der Waals surface area contributed by atoms with Gasteiger partial charge in [-0.1, -0.05) is 17.0 Å². The number of benzene rings is 1. The average molecular weight is 568 g/mol. The summed E-state index contributed by atoms with van der Waals surface area (Å²) in [5, 5.41) is 19.1. The maximum absolute atomic E-state index is 13.8. The number of rotatable bonds is 8. The van der Waals surface area contributed by atoms with Crippen molar-refractivity contribution < 1.29 is 41.9 Å². The van der Waals surface area contributed by atoms with Crippen molar-refractivity contribution in [2.45, 2.75) is 48.8 Å². The van der Waals surface area contributed by atoms with E-state index < -0.39 is 58.0 Å². The molecule has 16 heteroatoms. The molecule has 3 heterocycles. The number of thioether (sulfide) groups is 1. The number of nitrogens with zero attached hydrogens (tertiary/aromatic N) is 5. The lowest BCUT2D eigenvalue weighted by Gasteiger charge is -2.40. The van der Waals surface area contributed by atoms with E-state index in [2.05, 4.69) is 15.3 Å². The highest BCUT2D eigenvalue weighted by Gasteiger charge is 2.44. The van der Waals surface area contributed by atoms with Gasteiger partial charge in [0.05, 0.1) is 12.2 Å². The van der Waals surface area contributed by atoms with Crippen molar-refractivity contribution in [1.82, 2.24) is 20.0 Å². The molecule has 3 aromatic rings. The summed E-state index contributed by atoms with van der Waals surface area (Å²) in [4.78, 5) is 38.1. The summed E-state index contributed by atoms with van der Waals surface area (Å²) in [6.45, 7) is 2.06. The maximum atomic E-state index is 13.8. The quantitative estimate of drug-likeness (QED) is 0.170. The van der Waals surface area contributed by atoms with Crippen LogP contribution in [0.25, 0.3) is 11.3 Å². The van der Waals surface area contributed by atoms with Gasteiger partial charge in [0, 0.05) is 36.8 Å². The van der Waals surface area contributed by atoms with Gasteiger partial charge >= 0.3 is 17.8 Å². The van der Waals surface area contributed by atoms with Crippen LogP contribution in [-0.4, -0.2) is 61.1 Å². The molecule has 0 bridgehead atoms. The molecule has 1 aliphatic rings. The molecular formula is C23H20F3N5O7S. The topological polar surface area (TPSA) is 149 Å². The van der Waals surface area contributed by atoms with E-state index in [9.17, 15) is 32.9 Å². The van der Waals surface area contributed by atoms with Crippen LogP contribution >= 0.6 is 11.8 Å². The molecule has 0 spiro atoms. The number of hydrogen-bond donors (Lipinski definition) is 0. The molecular weight excluding hydrogens is 547 g/mol. The van der Waals surface area contributed by atoms with Gasteiger partial charge in [0.1, 0.15) is 30.0 Å². The molecule has 1 saturated heterocycles. The van der Waals surface area contributed by atoms with Crippen molar-refractivity contribution in [1.29, 1.82) is 0 Å². The fraction of sp³-hybridized carbons (Fsp3) is 0.348. The molecule has 0 saturated carbocycles. The fourth-order valence-corrected chi connectivity index (χ4v) is 5.03. The monoisotopic (exact) mass is 567 g/mol. The van der Waals surface area contributed by atoms with Crippen LogP contribution in [0.15, 0.2) is 41.6 Å². The summed E-state index contributed by atoms with van der Waals surface area (Å²) in [7, 11) is 0. The molecule has 12 nitrogen and oxygen atoms in total. The lowest BCUT2D eigenvalue weighted by Crippen LogP contribution is -2.49. The number of pyridine rings is 1. The van der Waals surface area contributed by atoms with Crippen molar-refractivity contribution >= 4 is 29.5 Å². The Morgan fingerprint density at radius 1 is 1.21 bits per heavy atom. The second-order valence-electron chi connectivity index (χ2n) is 8.35. The van der Waals surface area contributed by atoms with E-state index in [4.69, 9.17) is 14.2 Å². The van der Waals surface area contributed by atoms with E-state index in [0.29, 0.717) is 4.90 Å². The Morgan fingerprint density at radius 2 is 1.92 bits per heavy atom. The van der Waals surface area contributed by atoms with Crippen molar-refractivity contribution in [2.75, 3.05) is 6.61 Å². The molecule has 4 atom stereocenters. The van der Waals surface area contributed by atoms with E-state index in [1.54, 1.807) is 6.07 Å². The summed E-state index contributed by atoms with van der Waals surface area (Å²) in [6, 6.07) is 3.54. The Hall–Kier alpha value is -4.05. The van der Waals surface area contributed by atoms with Gasteiger partial charge in [-0.2, -0.15) is 0 Å². The zero-order chi connectivity index (χ0) is 28.3. The van der Waals surface area contributed by atoms with Crippen molar-refractivity contribution in [3.05, 3.63) is 64.2 Å². The third-order valence-corrected chi connectivity index (χ3v) is 6.65. The molecule has 1 aromatic carbocycles. The highest BCUT2D eigenvalue weighted by molar-refractivity contribution is 7.99. The van der Waals surface area contributed by atoms with Crippen LogP contribution in [0.4, 0.5) is 19.0 Å². The first-order valence-corrected chi connectivity index (χ1v) is 12.2. The van der Waals surface area contributed by atoms with Gasteiger partial charge in [0.15, 0.2) is 23.6 Å². The molecule has 1 unspecified atom stereocenters. The zero-order valence-electron chi connectivity index (χ0n) is 20.3. The number of esters is 2. The van der Waals surface area contributed by atoms with E-state index >= 15 is 0 Å². The van der Waals surface area contributed by atoms with Crippen molar-refractivity contribution in [3.8, 4) is 11.3 Å². The number of nitro groups is 1. The molecule has 4 rings (SSSR count). The number of halogens is 3. The molecule has 0 radical (unpaired) electrons. The normalized spacial score (nSPS) is 20.8. The van der Waals surface area contributed by atoms with E-state index in [1.807, 2.05) is 0 Å². The summed E-state index contributed by atoms with van der Waals surface area (Å²) >= 11 is 1.11. The minimum Gasteiger partial charge on any atom is -0.463 e. The number of carbonyl (C=O) groups is 2. The zero-order valence-corrected chi connectivity index (χ0v) is 21.1. The Kier molecular flexibility index (Phi) is 8.44. The van der Waals surface area contributed by atoms with Gasteiger partial charge in [0.2, 0.25) is 0 Å². The van der Waals surface area contributed by atoms with E-state index in [1.165, 1.54) is 37.0 Å². The first-order valence-electron chi connectivity index (χ1n) is 11.3. The standard InChI is InChI=1S/C23H20F3N5O7S/c1-11(32)36-10-19-23(37-12(2)33)18(8-21(38-19)39-14-3-4-27-20(7-14)31(34)35)30-9-17(28-29-30)13-5-15(24)22(26)16(25)6-13/h3-7,9,18-19,21,23H,8,10H2,1-2H3/t18-,19?,21-,23-/m1/s1. The highest BCUT2D eigenvalue weighted by atomic mass is 32.2. The largest absolute Gasteiger partial charge is 0.463 e. The Labute approximate surface area is 222 Å². The average Bonchev–Trinajstić information content (AvgIpc) is 3.37. The van der Waals surface area contributed by atoms with Crippen molar-refractivity contribution in [2.24, 2.45) is 0 Å². The molecule has 0 aliphatic carbocycles. The van der Waals surface area contributed by atoms with Crippen molar-refractivity contribution in [3.63, 3.8) is 0 Å². The molecule has 2 aromatic heterocycles. The van der Waals surface area contributed by atoms with Crippen LogP contribution < -0.4 is 0 Å². The molecule has 0 amide bonds. The summed E-state index contributed by atoms with van der Waals surface area (Å²) < 4.78 is 59.0. The summed E-state index contributed by atoms with van der Waals surface area (Å²) in [6.07, 6.45) is 0.690. The van der Waals surface area contributed by atoms with Crippen LogP contribution in [0.5, 0.6) is 0 Å². The lowest BCUT2D eigenvalue weighted by molar-refractivity contribution is -0.389. The fourth-order valence-electron chi connectivity index (χ4n) is 3.92. The number of ether oxygens (including phenoxy) is 3. The predicted octanol–water partition coefficient (Wildman–Crippen LogP) is 3.61. The summed E-state index contributed by atoms with van der Waals surface area (Å²) in [5.41, 5.74) is -0.788. The minimum atomic E-state index is -1.63. The molecule has 0 N–H and O–H groups in total. The first kappa shape index (κ1) is 28.0. The number of aromatic nitrogens is 4. The SMILES string of the molecule is CC(=O)OCC1O[C@H](Sc2ccnc([N+](=O)[O-])c2)C[C@@H](n2cc(-c3cc(F)c(F)c(F)c3)nn2)[C@H]1OC(C)=O. The van der Waals surface area contributed by atoms with Gasteiger partial charge in [-0.05, 0) is 28.1 Å². The van der Waals surface area contributed by atoms with Gasteiger partial charge in [-0.3, -0.25) is 9.59 Å². The maximum Gasteiger partial charge on any atom is 0.364 e. The Morgan fingerprint density at radius 3 is 2.56 bits per heavy atom. The molecule has 1 fully saturated rings. The van der Waals surface area contributed by atoms with Crippen LogP contribution in [0, 0.1) is 27.6 Å². The van der Waals surface area contributed by atoms with Crippen LogP contribution in [0.3, 0.4) is 0 Å². The molecule has 206 valence electrons. The predicted molar refractivity (Wildman–Crippen MR) is 127 cm³/mol. The minimum absolute atomic E-state index is 0.00589. The Bertz CT molecular complexity index is 1380. The second-order valence-corrected chi connectivity index (χ2v) is 9.58. The van der Waals surface area contributed by atoms with Crippen LogP contribution in [0.2, 0.25) is 0 Å². The van der Waals surface area contributed by atoms with Crippen LogP contribution in [-0.2, 0) is 23.8 Å². The lowest BCUT2D eigenvalue weighted by atomic mass is 9.99. The number of carbonyl (C=O) groups excluding carboxylic acids is 2. The van der Waals surface area contributed by atoms with Gasteiger partial charge in [-0.15, -0.1) is 5.10 Å². The molecule has 1 aliphatic heterocycles. The summed E-state index contributed by atoms with van der Waals surface area (Å²) in [5.74, 6) is -6.10.